The predicted molar refractivity (Wildman–Crippen MR) is 184 cm³/mol. The molecule has 2 aliphatic rings. The summed E-state index contributed by atoms with van der Waals surface area (Å²) in [6, 6.07) is 28.4. The number of likely N-dealkylation sites (tertiary alicyclic amines) is 1. The Bertz CT molecular complexity index is 1470. The van der Waals surface area contributed by atoms with Gasteiger partial charge in [-0.2, -0.15) is 0 Å². The average Bonchev–Trinajstić information content (AvgIpc) is 3.50. The molecular formula is C40H51FN4O. The molecule has 3 aromatic carbocycles. The summed E-state index contributed by atoms with van der Waals surface area (Å²) in [5.74, 6) is 2.70. The van der Waals surface area contributed by atoms with Crippen molar-refractivity contribution < 1.29 is 8.81 Å². The number of hydrogen-bond donors (Lipinski definition) is 1. The highest BCUT2D eigenvalue weighted by Gasteiger charge is 2.35. The monoisotopic (exact) mass is 622 g/mol. The highest BCUT2D eigenvalue weighted by Crippen LogP contribution is 2.43. The van der Waals surface area contributed by atoms with Gasteiger partial charge in [0.05, 0.1) is 17.8 Å². The van der Waals surface area contributed by atoms with Gasteiger partial charge in [0, 0.05) is 12.5 Å². The van der Waals surface area contributed by atoms with Crippen LogP contribution in [-0.4, -0.2) is 42.0 Å². The van der Waals surface area contributed by atoms with E-state index in [-0.39, 0.29) is 17.9 Å². The number of halogens is 1. The number of nitrogens with two attached hydrogens (primary N) is 1. The normalized spacial score (nSPS) is 21.2. The highest BCUT2D eigenvalue weighted by molar-refractivity contribution is 5.27. The van der Waals surface area contributed by atoms with E-state index in [1.165, 1.54) is 61.6 Å². The van der Waals surface area contributed by atoms with E-state index in [4.69, 9.17) is 15.1 Å². The number of hydrogen-bond acceptors (Lipinski definition) is 5. The molecule has 0 amide bonds. The zero-order chi connectivity index (χ0) is 31.9. The summed E-state index contributed by atoms with van der Waals surface area (Å²) in [4.78, 5) is 10.3. The molecular weight excluding hydrogens is 571 g/mol. The third kappa shape index (κ3) is 8.14. The second kappa shape index (κ2) is 15.5. The Morgan fingerprint density at radius 3 is 2.11 bits per heavy atom. The molecule has 0 bridgehead atoms. The molecule has 1 aliphatic carbocycles. The molecule has 0 radical (unpaired) electrons. The van der Waals surface area contributed by atoms with Crippen LogP contribution in [0.1, 0.15) is 104 Å². The molecule has 1 saturated carbocycles. The summed E-state index contributed by atoms with van der Waals surface area (Å²) in [7, 11) is 4.31. The molecule has 2 N–H and O–H groups in total. The van der Waals surface area contributed by atoms with Crippen LogP contribution < -0.4 is 5.73 Å². The molecule has 3 atom stereocenters. The van der Waals surface area contributed by atoms with Gasteiger partial charge >= 0.3 is 0 Å². The van der Waals surface area contributed by atoms with Crippen LogP contribution in [0.15, 0.2) is 89.3 Å². The first-order valence-corrected chi connectivity index (χ1v) is 17.4. The Kier molecular flexibility index (Phi) is 11.0. The van der Waals surface area contributed by atoms with Crippen molar-refractivity contribution in [3.05, 3.63) is 125 Å². The summed E-state index contributed by atoms with van der Waals surface area (Å²) < 4.78 is 20.5. The van der Waals surface area contributed by atoms with E-state index in [9.17, 15) is 4.39 Å². The zero-order valence-corrected chi connectivity index (χ0v) is 27.7. The van der Waals surface area contributed by atoms with Gasteiger partial charge in [-0.1, -0.05) is 92.1 Å². The number of benzene rings is 3. The summed E-state index contributed by atoms with van der Waals surface area (Å²) in [6.07, 6.45) is 11.0. The Labute approximate surface area is 275 Å². The molecule has 1 aromatic heterocycles. The maximum absolute atomic E-state index is 13.7. The average molecular weight is 623 g/mol. The Morgan fingerprint density at radius 2 is 1.48 bits per heavy atom. The van der Waals surface area contributed by atoms with Crippen LogP contribution in [0.3, 0.4) is 0 Å². The summed E-state index contributed by atoms with van der Waals surface area (Å²) in [5, 5.41) is 0. The van der Waals surface area contributed by atoms with Gasteiger partial charge in [0.1, 0.15) is 11.6 Å². The van der Waals surface area contributed by atoms with E-state index in [0.717, 1.165) is 49.7 Å². The molecule has 1 aliphatic heterocycles. The maximum Gasteiger partial charge on any atom is 0.212 e. The first kappa shape index (κ1) is 32.6. The lowest BCUT2D eigenvalue weighted by Gasteiger charge is -2.40. The minimum atomic E-state index is -0.255. The highest BCUT2D eigenvalue weighted by atomic mass is 19.1. The lowest BCUT2D eigenvalue weighted by Crippen LogP contribution is -2.36. The lowest BCUT2D eigenvalue weighted by molar-refractivity contribution is 0.0932. The molecule has 6 heteroatoms. The van der Waals surface area contributed by atoms with Crippen molar-refractivity contribution in [2.75, 3.05) is 27.2 Å². The fraction of sp³-hybridized carbons (Fsp3) is 0.475. The van der Waals surface area contributed by atoms with E-state index in [1.807, 2.05) is 18.2 Å². The van der Waals surface area contributed by atoms with Crippen molar-refractivity contribution in [2.45, 2.75) is 82.3 Å². The second-order valence-corrected chi connectivity index (χ2v) is 13.9. The zero-order valence-electron chi connectivity index (χ0n) is 27.7. The Morgan fingerprint density at radius 1 is 0.848 bits per heavy atom. The van der Waals surface area contributed by atoms with Crippen molar-refractivity contribution in [1.29, 1.82) is 0 Å². The van der Waals surface area contributed by atoms with E-state index in [1.54, 1.807) is 12.1 Å². The smallest absolute Gasteiger partial charge is 0.212 e. The van der Waals surface area contributed by atoms with Crippen molar-refractivity contribution in [3.63, 3.8) is 0 Å². The first-order valence-electron chi connectivity index (χ1n) is 17.4. The van der Waals surface area contributed by atoms with Crippen LogP contribution in [-0.2, 0) is 12.8 Å². The molecule has 3 unspecified atom stereocenters. The van der Waals surface area contributed by atoms with Crippen molar-refractivity contribution in [3.8, 4) is 0 Å². The van der Waals surface area contributed by atoms with Gasteiger partial charge in [0.2, 0.25) is 5.89 Å². The largest absolute Gasteiger partial charge is 0.442 e. The van der Waals surface area contributed by atoms with Crippen LogP contribution in [0.5, 0.6) is 0 Å². The van der Waals surface area contributed by atoms with E-state index in [2.05, 4.69) is 78.5 Å². The van der Waals surface area contributed by atoms with Crippen molar-refractivity contribution in [1.82, 2.24) is 14.8 Å². The standard InChI is InChI=1S/C40H51FN4O/c1-44(2)38(33-20-22-34(41)23-21-33)32-18-16-31(17-19-32)28-37(45-24-10-5-11-25-45)40-43-36(27-30-14-8-4-9-15-30)39(46-40)35(42)26-29-12-6-3-7-13-29/h3-4,6-9,12-15,20-23,31-32,35,37-38H,5,10-11,16-19,24-28,42H2,1-2H3. The second-order valence-electron chi connectivity index (χ2n) is 13.9. The number of oxazole rings is 1. The van der Waals surface area contributed by atoms with Gasteiger partial charge < -0.3 is 15.1 Å². The molecule has 5 nitrogen and oxygen atoms in total. The SMILES string of the molecule is CN(C)C(c1ccc(F)cc1)C1CCC(CC(c2nc(Cc3ccccc3)c(C(N)Cc3ccccc3)o2)N2CCCCC2)CC1. The number of rotatable bonds is 12. The van der Waals surface area contributed by atoms with Crippen LogP contribution >= 0.6 is 0 Å². The van der Waals surface area contributed by atoms with Crippen LogP contribution in [0.4, 0.5) is 4.39 Å². The maximum atomic E-state index is 13.7. The van der Waals surface area contributed by atoms with Crippen LogP contribution in [0, 0.1) is 17.7 Å². The summed E-state index contributed by atoms with van der Waals surface area (Å²) >= 11 is 0. The molecule has 4 aromatic rings. The van der Waals surface area contributed by atoms with E-state index in [0.29, 0.717) is 17.9 Å². The molecule has 2 heterocycles. The van der Waals surface area contributed by atoms with Crippen molar-refractivity contribution in [2.24, 2.45) is 17.6 Å². The van der Waals surface area contributed by atoms with Gasteiger partial charge in [-0.3, -0.25) is 4.90 Å². The fourth-order valence-electron chi connectivity index (χ4n) is 8.03. The Balaban J connectivity index is 1.23. The topological polar surface area (TPSA) is 58.5 Å². The summed E-state index contributed by atoms with van der Waals surface area (Å²) in [6.45, 7) is 2.18. The molecule has 1 saturated heterocycles. The number of piperidine rings is 1. The third-order valence-corrected chi connectivity index (χ3v) is 10.4. The fourth-order valence-corrected chi connectivity index (χ4v) is 8.03. The molecule has 6 rings (SSSR count). The molecule has 244 valence electrons. The Hall–Kier alpha value is -3.32. The van der Waals surface area contributed by atoms with E-state index < -0.39 is 0 Å². The first-order chi connectivity index (χ1) is 22.4. The summed E-state index contributed by atoms with van der Waals surface area (Å²) in [5.41, 5.74) is 11.5. The van der Waals surface area contributed by atoms with Gasteiger partial charge in [0.15, 0.2) is 0 Å². The third-order valence-electron chi connectivity index (χ3n) is 10.4. The van der Waals surface area contributed by atoms with E-state index >= 15 is 0 Å². The number of nitrogens with zero attached hydrogens (tertiary/aromatic N) is 3. The quantitative estimate of drug-likeness (QED) is 0.171. The van der Waals surface area contributed by atoms with Gasteiger partial charge in [-0.05, 0) is 106 Å². The minimum absolute atomic E-state index is 0.163. The van der Waals surface area contributed by atoms with Gasteiger partial charge in [-0.25, -0.2) is 9.37 Å². The molecule has 2 fully saturated rings. The lowest BCUT2D eigenvalue weighted by atomic mass is 9.74. The van der Waals surface area contributed by atoms with Gasteiger partial charge in [-0.15, -0.1) is 0 Å². The van der Waals surface area contributed by atoms with Gasteiger partial charge in [0.25, 0.3) is 0 Å². The molecule has 0 spiro atoms. The number of aromatic nitrogens is 1. The van der Waals surface area contributed by atoms with Crippen molar-refractivity contribution >= 4 is 0 Å². The minimum Gasteiger partial charge on any atom is -0.442 e. The predicted octanol–water partition coefficient (Wildman–Crippen LogP) is 8.67. The molecule has 46 heavy (non-hydrogen) atoms. The van der Waals surface area contributed by atoms with Crippen LogP contribution in [0.25, 0.3) is 0 Å². The van der Waals surface area contributed by atoms with Crippen LogP contribution in [0.2, 0.25) is 0 Å².